The molecule has 0 atom stereocenters. The molecule has 4 N–H and O–H groups in total. The van der Waals surface area contributed by atoms with Crippen molar-refractivity contribution < 1.29 is 4.79 Å². The molecule has 0 heterocycles. The third-order valence-electron chi connectivity index (χ3n) is 2.45. The zero-order valence-electron chi connectivity index (χ0n) is 10.7. The SMILES string of the molecule is Cc1cccc(C)c1NC(=S)NC=C(C#N)C(N)=O. The number of nitrogens with one attached hydrogen (secondary N) is 2. The minimum Gasteiger partial charge on any atom is -0.365 e. The lowest BCUT2D eigenvalue weighted by Crippen LogP contribution is -2.26. The summed E-state index contributed by atoms with van der Waals surface area (Å²) in [5, 5.41) is 14.6. The van der Waals surface area contributed by atoms with Crippen molar-refractivity contribution in [3.63, 3.8) is 0 Å². The summed E-state index contributed by atoms with van der Waals surface area (Å²) in [4.78, 5) is 10.8. The van der Waals surface area contributed by atoms with Crippen LogP contribution in [0.25, 0.3) is 0 Å². The molecular formula is C13H14N4OS. The molecule has 0 saturated heterocycles. The minimum atomic E-state index is -0.801. The number of hydrogen-bond acceptors (Lipinski definition) is 3. The fourth-order valence-electron chi connectivity index (χ4n) is 1.46. The van der Waals surface area contributed by atoms with E-state index in [2.05, 4.69) is 10.6 Å². The normalized spacial score (nSPS) is 10.5. The molecule has 0 saturated carbocycles. The molecule has 6 heteroatoms. The molecule has 0 aliphatic rings. The third-order valence-corrected chi connectivity index (χ3v) is 2.67. The predicted octanol–water partition coefficient (Wildman–Crippen LogP) is 1.48. The van der Waals surface area contributed by atoms with Crippen LogP contribution in [0.5, 0.6) is 0 Å². The van der Waals surface area contributed by atoms with Gasteiger partial charge in [-0.2, -0.15) is 5.26 Å². The van der Waals surface area contributed by atoms with Crippen molar-refractivity contribution >= 4 is 28.9 Å². The molecule has 0 spiro atoms. The van der Waals surface area contributed by atoms with Crippen LogP contribution in [-0.4, -0.2) is 11.0 Å². The van der Waals surface area contributed by atoms with E-state index in [1.54, 1.807) is 6.07 Å². The van der Waals surface area contributed by atoms with Gasteiger partial charge in [0.1, 0.15) is 11.6 Å². The second kappa shape index (κ2) is 6.52. The first-order valence-corrected chi connectivity index (χ1v) is 5.90. The van der Waals surface area contributed by atoms with Crippen LogP contribution in [0.3, 0.4) is 0 Å². The number of amides is 1. The Hall–Kier alpha value is -2.39. The zero-order chi connectivity index (χ0) is 14.4. The number of carbonyl (C=O) groups excluding carboxylic acids is 1. The highest BCUT2D eigenvalue weighted by Crippen LogP contribution is 2.19. The number of nitrogens with zero attached hydrogens (tertiary/aromatic N) is 1. The second-order valence-electron chi connectivity index (χ2n) is 3.90. The van der Waals surface area contributed by atoms with Crippen LogP contribution in [-0.2, 0) is 4.79 Å². The fraction of sp³-hybridized carbons (Fsp3) is 0.154. The highest BCUT2D eigenvalue weighted by Gasteiger charge is 2.05. The van der Waals surface area contributed by atoms with Gasteiger partial charge in [0.2, 0.25) is 0 Å². The smallest absolute Gasteiger partial charge is 0.260 e. The standard InChI is InChI=1S/C13H14N4OS/c1-8-4-3-5-9(2)11(8)17-13(19)16-7-10(6-14)12(15)18/h3-5,7H,1-2H3,(H2,15,18)(H2,16,17,19). The van der Waals surface area contributed by atoms with Crippen molar-refractivity contribution in [1.29, 1.82) is 5.26 Å². The maximum absolute atomic E-state index is 10.8. The second-order valence-corrected chi connectivity index (χ2v) is 4.31. The number of anilines is 1. The summed E-state index contributed by atoms with van der Waals surface area (Å²) in [6.45, 7) is 3.91. The van der Waals surface area contributed by atoms with E-state index in [9.17, 15) is 4.79 Å². The number of aryl methyl sites for hydroxylation is 2. The topological polar surface area (TPSA) is 90.9 Å². The van der Waals surface area contributed by atoms with Crippen LogP contribution >= 0.6 is 12.2 Å². The first kappa shape index (κ1) is 14.7. The predicted molar refractivity (Wildman–Crippen MR) is 78.2 cm³/mol. The van der Waals surface area contributed by atoms with Gasteiger partial charge in [-0.25, -0.2) is 0 Å². The molecular weight excluding hydrogens is 260 g/mol. The van der Waals surface area contributed by atoms with Crippen LogP contribution in [0, 0.1) is 25.2 Å². The number of rotatable bonds is 3. The van der Waals surface area contributed by atoms with Crippen molar-refractivity contribution in [3.8, 4) is 6.07 Å². The van der Waals surface area contributed by atoms with E-state index in [1.807, 2.05) is 32.0 Å². The van der Waals surface area contributed by atoms with Crippen LogP contribution in [0.1, 0.15) is 11.1 Å². The summed E-state index contributed by atoms with van der Waals surface area (Å²) in [6.07, 6.45) is 1.19. The highest BCUT2D eigenvalue weighted by atomic mass is 32.1. The quantitative estimate of drug-likeness (QED) is 0.441. The monoisotopic (exact) mass is 274 g/mol. The molecule has 98 valence electrons. The van der Waals surface area contributed by atoms with Crippen LogP contribution in [0.2, 0.25) is 0 Å². The molecule has 1 aromatic rings. The van der Waals surface area contributed by atoms with Crippen molar-refractivity contribution in [2.24, 2.45) is 5.73 Å². The van der Waals surface area contributed by atoms with Crippen molar-refractivity contribution in [1.82, 2.24) is 5.32 Å². The molecule has 0 aliphatic carbocycles. The number of hydrogen-bond donors (Lipinski definition) is 3. The summed E-state index contributed by atoms with van der Waals surface area (Å²) in [7, 11) is 0. The average Bonchev–Trinajstić information content (AvgIpc) is 2.34. The van der Waals surface area contributed by atoms with Gasteiger partial charge in [0.15, 0.2) is 5.11 Å². The molecule has 1 rings (SSSR count). The van der Waals surface area contributed by atoms with E-state index in [1.165, 1.54) is 6.20 Å². The van der Waals surface area contributed by atoms with Crippen LogP contribution in [0.15, 0.2) is 30.0 Å². The van der Waals surface area contributed by atoms with E-state index in [4.69, 9.17) is 23.2 Å². The fourth-order valence-corrected chi connectivity index (χ4v) is 1.62. The molecule has 0 bridgehead atoms. The van der Waals surface area contributed by atoms with Gasteiger partial charge in [-0.1, -0.05) is 18.2 Å². The van der Waals surface area contributed by atoms with Gasteiger partial charge in [0.25, 0.3) is 5.91 Å². The lowest BCUT2D eigenvalue weighted by atomic mass is 10.1. The Morgan fingerprint density at radius 2 is 2.00 bits per heavy atom. The molecule has 5 nitrogen and oxygen atoms in total. The van der Waals surface area contributed by atoms with Crippen molar-refractivity contribution in [2.75, 3.05) is 5.32 Å². The van der Waals surface area contributed by atoms with Crippen molar-refractivity contribution in [2.45, 2.75) is 13.8 Å². The van der Waals surface area contributed by atoms with Crippen LogP contribution < -0.4 is 16.4 Å². The Bertz CT molecular complexity index is 567. The number of para-hydroxylation sites is 1. The molecule has 0 aliphatic heterocycles. The number of carbonyl (C=O) groups is 1. The van der Waals surface area contributed by atoms with Gasteiger partial charge in [-0.3, -0.25) is 4.79 Å². The largest absolute Gasteiger partial charge is 0.365 e. The lowest BCUT2D eigenvalue weighted by Gasteiger charge is -2.13. The summed E-state index contributed by atoms with van der Waals surface area (Å²) in [6, 6.07) is 7.54. The van der Waals surface area contributed by atoms with Gasteiger partial charge >= 0.3 is 0 Å². The Morgan fingerprint density at radius 1 is 1.42 bits per heavy atom. The van der Waals surface area contributed by atoms with E-state index < -0.39 is 5.91 Å². The number of benzene rings is 1. The summed E-state index contributed by atoms with van der Waals surface area (Å²) in [5.74, 6) is -0.801. The molecule has 0 unspecified atom stereocenters. The van der Waals surface area contributed by atoms with E-state index in [0.717, 1.165) is 16.8 Å². The number of thiocarbonyl (C=S) groups is 1. The van der Waals surface area contributed by atoms with E-state index in [-0.39, 0.29) is 10.7 Å². The third kappa shape index (κ3) is 4.08. The highest BCUT2D eigenvalue weighted by molar-refractivity contribution is 7.80. The summed E-state index contributed by atoms with van der Waals surface area (Å²) >= 11 is 5.08. The van der Waals surface area contributed by atoms with Gasteiger partial charge < -0.3 is 16.4 Å². The molecule has 1 aromatic carbocycles. The molecule has 0 aromatic heterocycles. The van der Waals surface area contributed by atoms with Crippen molar-refractivity contribution in [3.05, 3.63) is 41.1 Å². The Balaban J connectivity index is 2.77. The Labute approximate surface area is 117 Å². The van der Waals surface area contributed by atoms with E-state index in [0.29, 0.717) is 0 Å². The Kier molecular flexibility index (Phi) is 5.03. The minimum absolute atomic E-state index is 0.189. The summed E-state index contributed by atoms with van der Waals surface area (Å²) in [5.41, 5.74) is 7.80. The summed E-state index contributed by atoms with van der Waals surface area (Å²) < 4.78 is 0. The maximum atomic E-state index is 10.8. The van der Waals surface area contributed by atoms with Gasteiger partial charge in [-0.15, -0.1) is 0 Å². The lowest BCUT2D eigenvalue weighted by molar-refractivity contribution is -0.114. The molecule has 0 fully saturated rings. The number of primary amides is 1. The van der Waals surface area contributed by atoms with E-state index >= 15 is 0 Å². The van der Waals surface area contributed by atoms with Crippen LogP contribution in [0.4, 0.5) is 5.69 Å². The zero-order valence-corrected chi connectivity index (χ0v) is 11.5. The van der Waals surface area contributed by atoms with Gasteiger partial charge in [-0.05, 0) is 37.2 Å². The number of nitrogens with two attached hydrogens (primary N) is 1. The van der Waals surface area contributed by atoms with Gasteiger partial charge in [0.05, 0.1) is 0 Å². The first-order chi connectivity index (χ1) is 8.95. The average molecular weight is 274 g/mol. The molecule has 1 amide bonds. The maximum Gasteiger partial charge on any atom is 0.260 e. The Morgan fingerprint density at radius 3 is 2.47 bits per heavy atom. The molecule has 19 heavy (non-hydrogen) atoms. The molecule has 0 radical (unpaired) electrons. The first-order valence-electron chi connectivity index (χ1n) is 5.49. The van der Waals surface area contributed by atoms with Gasteiger partial charge in [0, 0.05) is 11.9 Å². The number of nitriles is 1.